The van der Waals surface area contributed by atoms with Crippen molar-refractivity contribution in [2.24, 2.45) is 0 Å². The Balaban J connectivity index is 5.23. The van der Waals surface area contributed by atoms with Gasteiger partial charge < -0.3 is 9.47 Å². The number of esters is 1. The highest BCUT2D eigenvalue weighted by molar-refractivity contribution is 7.55. The molecule has 0 aliphatic rings. The topological polar surface area (TPSA) is 119 Å². The molecule has 0 rings (SSSR count). The monoisotopic (exact) mass is 329 g/mol. The Morgan fingerprint density at radius 1 is 1.05 bits per heavy atom. The molecule has 0 bridgehead atoms. The van der Waals surface area contributed by atoms with E-state index in [9.17, 15) is 14.2 Å². The Morgan fingerprint density at radius 3 is 1.86 bits per heavy atom. The van der Waals surface area contributed by atoms with Crippen molar-refractivity contribution < 1.29 is 42.8 Å². The maximum absolute atomic E-state index is 12.3. The highest BCUT2D eigenvalue weighted by Crippen LogP contribution is 2.52. The molecule has 1 atom stereocenters. The third-order valence-electron chi connectivity index (χ3n) is 1.75. The first-order chi connectivity index (χ1) is 9.59. The van der Waals surface area contributed by atoms with Crippen molar-refractivity contribution in [3.05, 3.63) is 0 Å². The van der Waals surface area contributed by atoms with E-state index in [4.69, 9.17) is 4.74 Å². The van der Waals surface area contributed by atoms with Gasteiger partial charge in [-0.3, -0.25) is 9.88 Å². The number of methoxy groups -OCH3 is 1. The molecule has 1 unspecified atom stereocenters. The summed E-state index contributed by atoms with van der Waals surface area (Å²) in [5.41, 5.74) is -0.834. The fraction of sp³-hybridized carbons (Fsp3) is 0.800. The van der Waals surface area contributed by atoms with Crippen LogP contribution in [0.15, 0.2) is 0 Å². The van der Waals surface area contributed by atoms with Crippen molar-refractivity contribution in [3.8, 4) is 0 Å². The zero-order chi connectivity index (χ0) is 16.7. The lowest BCUT2D eigenvalue weighted by atomic mass is 10.2. The molecule has 0 aromatic carbocycles. The molecule has 1 amide bonds. The molecule has 11 heteroatoms. The van der Waals surface area contributed by atoms with Crippen LogP contribution in [0.2, 0.25) is 0 Å². The van der Waals surface area contributed by atoms with Crippen LogP contribution in [0.1, 0.15) is 20.8 Å². The van der Waals surface area contributed by atoms with E-state index in [0.717, 1.165) is 21.3 Å². The molecule has 0 aromatic heterocycles. The Labute approximate surface area is 122 Å². The molecule has 0 saturated carbocycles. The van der Waals surface area contributed by atoms with E-state index in [1.54, 1.807) is 20.8 Å². The van der Waals surface area contributed by atoms with Crippen LogP contribution in [0.4, 0.5) is 4.79 Å². The fourth-order valence-electron chi connectivity index (χ4n) is 1.10. The normalized spacial score (nSPS) is 13.4. The predicted octanol–water partition coefficient (Wildman–Crippen LogP) is 1.36. The smallest absolute Gasteiger partial charge is 0.417 e. The van der Waals surface area contributed by atoms with Gasteiger partial charge in [-0.15, -0.1) is 9.35 Å². The number of hydrogen-bond acceptors (Lipinski definition) is 9. The van der Waals surface area contributed by atoms with Crippen LogP contribution in [0.25, 0.3) is 0 Å². The van der Waals surface area contributed by atoms with E-state index in [-0.39, 0.29) is 0 Å². The number of carbonyl (C=O) groups excluding carboxylic acids is 2. The van der Waals surface area contributed by atoms with Crippen LogP contribution in [0.3, 0.4) is 0 Å². The van der Waals surface area contributed by atoms with Gasteiger partial charge in [0, 0.05) is 0 Å². The number of hydrogen-bond donors (Lipinski definition) is 1. The number of carbonyl (C=O) groups is 2. The predicted molar refractivity (Wildman–Crippen MR) is 69.0 cm³/mol. The molecule has 1 N–H and O–H groups in total. The van der Waals surface area contributed by atoms with Crippen molar-refractivity contribution in [2.75, 3.05) is 21.3 Å². The number of amides is 1. The lowest BCUT2D eigenvalue weighted by molar-refractivity contribution is -0.244. The van der Waals surface area contributed by atoms with Gasteiger partial charge in [0.2, 0.25) is 5.78 Å². The van der Waals surface area contributed by atoms with E-state index in [1.165, 1.54) is 0 Å². The lowest BCUT2D eigenvalue weighted by Gasteiger charge is -2.25. The Kier molecular flexibility index (Phi) is 7.83. The van der Waals surface area contributed by atoms with Crippen LogP contribution >= 0.6 is 7.60 Å². The first-order valence-corrected chi connectivity index (χ1v) is 7.32. The first-order valence-electron chi connectivity index (χ1n) is 5.71. The van der Waals surface area contributed by atoms with Crippen molar-refractivity contribution in [1.29, 1.82) is 0 Å². The minimum absolute atomic E-state index is 0.834. The average Bonchev–Trinajstić information content (AvgIpc) is 2.33. The van der Waals surface area contributed by atoms with Gasteiger partial charge in [-0.2, -0.15) is 0 Å². The molecule has 0 aliphatic carbocycles. The van der Waals surface area contributed by atoms with Crippen molar-refractivity contribution in [1.82, 2.24) is 5.32 Å². The molecule has 10 nitrogen and oxygen atoms in total. The largest absolute Gasteiger partial charge is 0.467 e. The third-order valence-corrected chi connectivity index (χ3v) is 3.44. The Morgan fingerprint density at radius 2 is 1.52 bits per heavy atom. The molecule has 21 heavy (non-hydrogen) atoms. The van der Waals surface area contributed by atoms with E-state index in [1.807, 2.05) is 5.32 Å². The van der Waals surface area contributed by atoms with Crippen molar-refractivity contribution in [3.63, 3.8) is 0 Å². The summed E-state index contributed by atoms with van der Waals surface area (Å²) in [6, 6.07) is 0. The maximum Gasteiger partial charge on any atom is 0.417 e. The highest BCUT2D eigenvalue weighted by atomic mass is 31.2. The van der Waals surface area contributed by atoms with Gasteiger partial charge in [0.15, 0.2) is 0 Å². The number of ether oxygens (including phenoxy) is 2. The van der Waals surface area contributed by atoms with Crippen LogP contribution in [-0.4, -0.2) is 44.8 Å². The molecular weight excluding hydrogens is 309 g/mol. The summed E-state index contributed by atoms with van der Waals surface area (Å²) in [4.78, 5) is 31.9. The van der Waals surface area contributed by atoms with Crippen LogP contribution < -0.4 is 5.32 Å². The molecule has 0 heterocycles. The zero-order valence-electron chi connectivity index (χ0n) is 12.7. The van der Waals surface area contributed by atoms with Gasteiger partial charge in [0.25, 0.3) is 0 Å². The SMILES string of the molecule is COOP(=O)(OOC)C(NC(=O)OC(C)(C)C)C(=O)OC. The van der Waals surface area contributed by atoms with E-state index < -0.39 is 31.0 Å². The van der Waals surface area contributed by atoms with E-state index >= 15 is 0 Å². The van der Waals surface area contributed by atoms with Crippen LogP contribution in [0, 0.1) is 0 Å². The number of nitrogens with one attached hydrogen (secondary N) is 1. The average molecular weight is 329 g/mol. The summed E-state index contributed by atoms with van der Waals surface area (Å²) in [6.45, 7) is 4.82. The van der Waals surface area contributed by atoms with Gasteiger partial charge in [-0.05, 0) is 20.8 Å². The third kappa shape index (κ3) is 6.87. The Hall–Kier alpha value is -1.19. The second-order valence-electron chi connectivity index (χ2n) is 4.59. The van der Waals surface area contributed by atoms with Gasteiger partial charge >= 0.3 is 19.7 Å². The fourth-order valence-corrected chi connectivity index (χ4v) is 2.34. The lowest BCUT2D eigenvalue weighted by Crippen LogP contribution is -2.44. The molecular formula is C10H20NO9P. The number of alkyl carbamates (subject to hydrolysis) is 1. The summed E-state index contributed by atoms with van der Waals surface area (Å²) < 4.78 is 30.6. The number of rotatable bonds is 7. The van der Waals surface area contributed by atoms with Gasteiger partial charge in [-0.25, -0.2) is 19.4 Å². The second kappa shape index (κ2) is 8.30. The molecule has 0 radical (unpaired) electrons. The summed E-state index contributed by atoms with van der Waals surface area (Å²) in [5.74, 6) is -2.93. The van der Waals surface area contributed by atoms with Crippen LogP contribution in [-0.2, 0) is 38.0 Å². The summed E-state index contributed by atoms with van der Waals surface area (Å²) in [5, 5.41) is 2.03. The highest BCUT2D eigenvalue weighted by Gasteiger charge is 2.47. The minimum atomic E-state index is -4.35. The van der Waals surface area contributed by atoms with Crippen molar-refractivity contribution >= 4 is 19.7 Å². The Bertz CT molecular complexity index is 396. The molecule has 0 aliphatic heterocycles. The van der Waals surface area contributed by atoms with Gasteiger partial charge in [0.1, 0.15) is 5.60 Å². The molecule has 124 valence electrons. The molecule has 0 fully saturated rings. The maximum atomic E-state index is 12.3. The van der Waals surface area contributed by atoms with E-state index in [0.29, 0.717) is 0 Å². The summed E-state index contributed by atoms with van der Waals surface area (Å²) >= 11 is 0. The molecule has 0 aromatic rings. The summed E-state index contributed by atoms with van der Waals surface area (Å²) in [7, 11) is -1.26. The second-order valence-corrected chi connectivity index (χ2v) is 6.49. The molecule has 0 saturated heterocycles. The summed E-state index contributed by atoms with van der Waals surface area (Å²) in [6.07, 6.45) is -1.03. The first kappa shape index (κ1) is 19.8. The van der Waals surface area contributed by atoms with Crippen molar-refractivity contribution in [2.45, 2.75) is 32.2 Å². The molecule has 0 spiro atoms. The van der Waals surface area contributed by atoms with Gasteiger partial charge in [0.05, 0.1) is 21.3 Å². The zero-order valence-corrected chi connectivity index (χ0v) is 13.6. The quantitative estimate of drug-likeness (QED) is 0.319. The van der Waals surface area contributed by atoms with Gasteiger partial charge in [-0.1, -0.05) is 0 Å². The van der Waals surface area contributed by atoms with Crippen LogP contribution in [0.5, 0.6) is 0 Å². The minimum Gasteiger partial charge on any atom is -0.467 e. The standard InChI is InChI=1S/C10H20NO9P/c1-10(2,3)18-9(13)11-7(8(12)15-4)21(14,19-16-5)20-17-6/h7H,1-6H3,(H,11,13). The van der Waals surface area contributed by atoms with E-state index in [2.05, 4.69) is 23.9 Å².